The van der Waals surface area contributed by atoms with Crippen LogP contribution in [-0.2, 0) is 11.2 Å². The van der Waals surface area contributed by atoms with Crippen LogP contribution in [0.2, 0.25) is 0 Å². The number of ether oxygens (including phenoxy) is 1. The van der Waals surface area contributed by atoms with Crippen LogP contribution < -0.4 is 5.32 Å². The summed E-state index contributed by atoms with van der Waals surface area (Å²) in [5.41, 5.74) is 0.802. The van der Waals surface area contributed by atoms with E-state index in [4.69, 9.17) is 4.74 Å². The summed E-state index contributed by atoms with van der Waals surface area (Å²) in [6.07, 6.45) is 0.739. The largest absolute Gasteiger partial charge is 0.374 e. The van der Waals surface area contributed by atoms with Gasteiger partial charge in [-0.2, -0.15) is 0 Å². The third-order valence-corrected chi connectivity index (χ3v) is 2.99. The van der Waals surface area contributed by atoms with Gasteiger partial charge in [-0.1, -0.05) is 15.9 Å². The second kappa shape index (κ2) is 6.64. The molecule has 0 saturated carbocycles. The molecule has 0 aromatic heterocycles. The summed E-state index contributed by atoms with van der Waals surface area (Å²) in [4.78, 5) is 0. The molecule has 2 nitrogen and oxygen atoms in total. The molecule has 0 radical (unpaired) electrons. The minimum absolute atomic E-state index is 0.155. The van der Waals surface area contributed by atoms with E-state index in [0.717, 1.165) is 16.5 Å². The SMILES string of the molecule is CNC(COC(C)(C)C)Cc1cc(F)cc(Br)c1. The van der Waals surface area contributed by atoms with Gasteiger partial charge < -0.3 is 10.1 Å². The quantitative estimate of drug-likeness (QED) is 0.897. The van der Waals surface area contributed by atoms with Crippen molar-refractivity contribution < 1.29 is 9.13 Å². The zero-order chi connectivity index (χ0) is 13.8. The average Bonchev–Trinajstić information content (AvgIpc) is 2.21. The Morgan fingerprint density at radius 1 is 1.33 bits per heavy atom. The molecule has 1 aromatic carbocycles. The molecule has 0 heterocycles. The molecule has 1 rings (SSSR count). The predicted molar refractivity (Wildman–Crippen MR) is 76.4 cm³/mol. The molecule has 0 saturated heterocycles. The van der Waals surface area contributed by atoms with E-state index in [1.807, 2.05) is 33.9 Å². The zero-order valence-corrected chi connectivity index (χ0v) is 13.0. The summed E-state index contributed by atoms with van der Waals surface area (Å²) in [5, 5.41) is 3.20. The van der Waals surface area contributed by atoms with Crippen molar-refractivity contribution in [3.8, 4) is 0 Å². The second-order valence-corrected chi connectivity index (χ2v) is 6.31. The van der Waals surface area contributed by atoms with Crippen LogP contribution in [0.15, 0.2) is 22.7 Å². The van der Waals surface area contributed by atoms with Crippen LogP contribution in [-0.4, -0.2) is 25.3 Å². The first kappa shape index (κ1) is 15.6. The number of halogens is 2. The molecule has 1 N–H and O–H groups in total. The van der Waals surface area contributed by atoms with E-state index in [2.05, 4.69) is 21.2 Å². The van der Waals surface area contributed by atoms with Crippen LogP contribution >= 0.6 is 15.9 Å². The Kier molecular flexibility index (Phi) is 5.76. The van der Waals surface area contributed by atoms with Crippen molar-refractivity contribution in [3.63, 3.8) is 0 Å². The van der Waals surface area contributed by atoms with Gasteiger partial charge in [-0.15, -0.1) is 0 Å². The van der Waals surface area contributed by atoms with Gasteiger partial charge in [0.05, 0.1) is 12.2 Å². The Labute approximate surface area is 117 Å². The van der Waals surface area contributed by atoms with E-state index in [9.17, 15) is 4.39 Å². The van der Waals surface area contributed by atoms with Crippen molar-refractivity contribution in [1.82, 2.24) is 5.32 Å². The topological polar surface area (TPSA) is 21.3 Å². The van der Waals surface area contributed by atoms with Gasteiger partial charge in [0.15, 0.2) is 0 Å². The highest BCUT2D eigenvalue weighted by molar-refractivity contribution is 9.10. The molecule has 18 heavy (non-hydrogen) atoms. The molecule has 0 aliphatic rings. The fourth-order valence-electron chi connectivity index (χ4n) is 1.61. The number of hydrogen-bond donors (Lipinski definition) is 1. The van der Waals surface area contributed by atoms with Gasteiger partial charge in [-0.25, -0.2) is 4.39 Å². The molecule has 1 unspecified atom stereocenters. The van der Waals surface area contributed by atoms with Crippen molar-refractivity contribution in [1.29, 1.82) is 0 Å². The lowest BCUT2D eigenvalue weighted by Gasteiger charge is -2.24. The Morgan fingerprint density at radius 3 is 2.50 bits per heavy atom. The summed E-state index contributed by atoms with van der Waals surface area (Å²) in [6, 6.07) is 5.14. The van der Waals surface area contributed by atoms with E-state index in [1.165, 1.54) is 6.07 Å². The maximum atomic E-state index is 13.3. The first-order valence-electron chi connectivity index (χ1n) is 6.06. The molecule has 102 valence electrons. The average molecular weight is 318 g/mol. The summed E-state index contributed by atoms with van der Waals surface area (Å²) in [6.45, 7) is 6.68. The molecule has 4 heteroatoms. The molecule has 0 aliphatic carbocycles. The van der Waals surface area contributed by atoms with Gasteiger partial charge >= 0.3 is 0 Å². The smallest absolute Gasteiger partial charge is 0.124 e. The molecule has 0 aliphatic heterocycles. The fourth-order valence-corrected chi connectivity index (χ4v) is 2.12. The molecule has 0 fully saturated rings. The maximum Gasteiger partial charge on any atom is 0.124 e. The summed E-state index contributed by atoms with van der Waals surface area (Å²) < 4.78 is 19.8. The van der Waals surface area contributed by atoms with Crippen LogP contribution in [0, 0.1) is 5.82 Å². The molecular weight excluding hydrogens is 297 g/mol. The maximum absolute atomic E-state index is 13.3. The first-order valence-corrected chi connectivity index (χ1v) is 6.85. The monoisotopic (exact) mass is 317 g/mol. The van der Waals surface area contributed by atoms with Crippen LogP contribution in [0.1, 0.15) is 26.3 Å². The number of benzene rings is 1. The molecule has 0 amide bonds. The highest BCUT2D eigenvalue weighted by atomic mass is 79.9. The number of rotatable bonds is 5. The Bertz CT molecular complexity index is 370. The first-order chi connectivity index (χ1) is 8.30. The second-order valence-electron chi connectivity index (χ2n) is 5.39. The van der Waals surface area contributed by atoms with Crippen molar-refractivity contribution in [3.05, 3.63) is 34.1 Å². The van der Waals surface area contributed by atoms with Crippen molar-refractivity contribution in [2.75, 3.05) is 13.7 Å². The Balaban J connectivity index is 2.62. The van der Waals surface area contributed by atoms with E-state index in [1.54, 1.807) is 6.07 Å². The predicted octanol–water partition coefficient (Wildman–Crippen LogP) is 3.53. The summed E-state index contributed by atoms with van der Waals surface area (Å²) >= 11 is 3.30. The van der Waals surface area contributed by atoms with E-state index in [-0.39, 0.29) is 17.5 Å². The van der Waals surface area contributed by atoms with Crippen LogP contribution in [0.4, 0.5) is 4.39 Å². The standard InChI is InChI=1S/C14H21BrFNO/c1-14(2,3)18-9-13(17-4)7-10-5-11(15)8-12(16)6-10/h5-6,8,13,17H,7,9H2,1-4H3. The van der Waals surface area contributed by atoms with Crippen molar-refractivity contribution in [2.45, 2.75) is 38.8 Å². The molecule has 1 aromatic rings. The van der Waals surface area contributed by atoms with Crippen molar-refractivity contribution in [2.24, 2.45) is 0 Å². The van der Waals surface area contributed by atoms with Gasteiger partial charge in [0, 0.05) is 10.5 Å². The summed E-state index contributed by atoms with van der Waals surface area (Å²) in [5.74, 6) is -0.217. The number of hydrogen-bond acceptors (Lipinski definition) is 2. The van der Waals surface area contributed by atoms with Crippen LogP contribution in [0.5, 0.6) is 0 Å². The zero-order valence-electron chi connectivity index (χ0n) is 11.4. The highest BCUT2D eigenvalue weighted by Gasteiger charge is 2.15. The minimum Gasteiger partial charge on any atom is -0.374 e. The number of nitrogens with one attached hydrogen (secondary N) is 1. The fraction of sp³-hybridized carbons (Fsp3) is 0.571. The van der Waals surface area contributed by atoms with Crippen LogP contribution in [0.3, 0.4) is 0 Å². The minimum atomic E-state index is -0.217. The van der Waals surface area contributed by atoms with Gasteiger partial charge in [-0.05, 0) is 58.0 Å². The van der Waals surface area contributed by atoms with Crippen LogP contribution in [0.25, 0.3) is 0 Å². The molecule has 1 atom stereocenters. The van der Waals surface area contributed by atoms with Gasteiger partial charge in [0.25, 0.3) is 0 Å². The van der Waals surface area contributed by atoms with E-state index in [0.29, 0.717) is 6.61 Å². The normalized spacial score (nSPS) is 13.7. The van der Waals surface area contributed by atoms with Crippen molar-refractivity contribution >= 4 is 15.9 Å². The van der Waals surface area contributed by atoms with E-state index < -0.39 is 0 Å². The molecule has 0 bridgehead atoms. The lowest BCUT2D eigenvalue weighted by molar-refractivity contribution is -0.0134. The summed E-state index contributed by atoms with van der Waals surface area (Å²) in [7, 11) is 1.89. The highest BCUT2D eigenvalue weighted by Crippen LogP contribution is 2.17. The molecular formula is C14H21BrFNO. The van der Waals surface area contributed by atoms with Gasteiger partial charge in [-0.3, -0.25) is 0 Å². The number of likely N-dealkylation sites (N-methyl/N-ethyl adjacent to an activating group) is 1. The Morgan fingerprint density at radius 2 is 2.00 bits per heavy atom. The lowest BCUT2D eigenvalue weighted by atomic mass is 10.1. The van der Waals surface area contributed by atoms with Gasteiger partial charge in [0.2, 0.25) is 0 Å². The lowest BCUT2D eigenvalue weighted by Crippen LogP contribution is -2.36. The third kappa shape index (κ3) is 5.94. The molecule has 0 spiro atoms. The third-order valence-electron chi connectivity index (χ3n) is 2.53. The van der Waals surface area contributed by atoms with Gasteiger partial charge in [0.1, 0.15) is 5.82 Å². The van der Waals surface area contributed by atoms with E-state index >= 15 is 0 Å². The Hall–Kier alpha value is -0.450.